The second-order valence-corrected chi connectivity index (χ2v) is 4.52. The number of aromatic nitrogens is 1. The number of carbonyl (C=O) groups is 1. The van der Waals surface area contributed by atoms with E-state index in [4.69, 9.17) is 4.42 Å². The van der Waals surface area contributed by atoms with Gasteiger partial charge in [0.2, 0.25) is 5.76 Å². The monoisotopic (exact) mass is 283 g/mol. The molecule has 1 N–H and O–H groups in total. The van der Waals surface area contributed by atoms with E-state index in [2.05, 4.69) is 9.72 Å². The zero-order valence-electron chi connectivity index (χ0n) is 11.3. The number of methoxy groups -OCH3 is 1. The molecule has 2 aromatic heterocycles. The average molecular weight is 283 g/mol. The second kappa shape index (κ2) is 5.38. The fourth-order valence-corrected chi connectivity index (χ4v) is 2.09. The SMILES string of the molecule is COC(=O)c1ccc(C(O)c2ccc3ccccc3n2)o1. The summed E-state index contributed by atoms with van der Waals surface area (Å²) in [6.07, 6.45) is -1.03. The van der Waals surface area contributed by atoms with Crippen LogP contribution in [0.15, 0.2) is 52.9 Å². The zero-order chi connectivity index (χ0) is 14.8. The number of ether oxygens (including phenoxy) is 1. The molecule has 0 spiro atoms. The smallest absolute Gasteiger partial charge is 0.373 e. The van der Waals surface area contributed by atoms with Crippen LogP contribution < -0.4 is 0 Å². The van der Waals surface area contributed by atoms with E-state index in [1.54, 1.807) is 6.07 Å². The maximum Gasteiger partial charge on any atom is 0.373 e. The summed E-state index contributed by atoms with van der Waals surface area (Å²) < 4.78 is 9.86. The predicted octanol–water partition coefficient (Wildman–Crippen LogP) is 2.70. The molecule has 0 amide bonds. The molecule has 1 unspecified atom stereocenters. The first-order chi connectivity index (χ1) is 10.2. The predicted molar refractivity (Wildman–Crippen MR) is 75.9 cm³/mol. The van der Waals surface area contributed by atoms with E-state index in [9.17, 15) is 9.90 Å². The molecule has 2 heterocycles. The summed E-state index contributed by atoms with van der Waals surface area (Å²) in [5, 5.41) is 11.3. The maximum atomic E-state index is 11.3. The van der Waals surface area contributed by atoms with Crippen LogP contribution in [0.3, 0.4) is 0 Å². The summed E-state index contributed by atoms with van der Waals surface area (Å²) >= 11 is 0. The maximum absolute atomic E-state index is 11.3. The number of aliphatic hydroxyl groups is 1. The van der Waals surface area contributed by atoms with Gasteiger partial charge in [-0.1, -0.05) is 24.3 Å². The van der Waals surface area contributed by atoms with Crippen LogP contribution in [-0.2, 0) is 4.74 Å². The van der Waals surface area contributed by atoms with E-state index in [-0.39, 0.29) is 11.5 Å². The van der Waals surface area contributed by atoms with E-state index < -0.39 is 12.1 Å². The van der Waals surface area contributed by atoms with Gasteiger partial charge in [0, 0.05) is 5.39 Å². The number of hydrogen-bond donors (Lipinski definition) is 1. The first-order valence-electron chi connectivity index (χ1n) is 6.41. The van der Waals surface area contributed by atoms with Gasteiger partial charge in [0.25, 0.3) is 0 Å². The van der Waals surface area contributed by atoms with Crippen LogP contribution in [0.2, 0.25) is 0 Å². The van der Waals surface area contributed by atoms with E-state index >= 15 is 0 Å². The van der Waals surface area contributed by atoms with Crippen molar-refractivity contribution in [2.24, 2.45) is 0 Å². The van der Waals surface area contributed by atoms with Gasteiger partial charge in [0.15, 0.2) is 6.10 Å². The highest BCUT2D eigenvalue weighted by Crippen LogP contribution is 2.24. The lowest BCUT2D eigenvalue weighted by molar-refractivity contribution is 0.0557. The summed E-state index contributed by atoms with van der Waals surface area (Å²) in [7, 11) is 1.27. The molecule has 106 valence electrons. The van der Waals surface area contributed by atoms with Gasteiger partial charge in [0.05, 0.1) is 18.3 Å². The van der Waals surface area contributed by atoms with Crippen LogP contribution in [0.1, 0.15) is 28.1 Å². The summed E-state index contributed by atoms with van der Waals surface area (Å²) in [5.74, 6) is -0.287. The molecule has 0 radical (unpaired) electrons. The topological polar surface area (TPSA) is 72.6 Å². The van der Waals surface area contributed by atoms with Crippen LogP contribution in [0, 0.1) is 0 Å². The molecular formula is C16H13NO4. The summed E-state index contributed by atoms with van der Waals surface area (Å²) in [4.78, 5) is 15.7. The molecule has 0 aliphatic rings. The van der Waals surface area contributed by atoms with Gasteiger partial charge in [-0.25, -0.2) is 9.78 Å². The minimum absolute atomic E-state index is 0.0485. The fraction of sp³-hybridized carbons (Fsp3) is 0.125. The zero-order valence-corrected chi connectivity index (χ0v) is 11.3. The van der Waals surface area contributed by atoms with Crippen molar-refractivity contribution >= 4 is 16.9 Å². The van der Waals surface area contributed by atoms with Gasteiger partial charge in [-0.2, -0.15) is 0 Å². The van der Waals surface area contributed by atoms with E-state index in [0.29, 0.717) is 5.69 Å². The van der Waals surface area contributed by atoms with Crippen molar-refractivity contribution < 1.29 is 19.1 Å². The van der Waals surface area contributed by atoms with Gasteiger partial charge in [-0.15, -0.1) is 0 Å². The Bertz CT molecular complexity index is 794. The number of aliphatic hydroxyl groups excluding tert-OH is 1. The molecule has 0 aliphatic carbocycles. The highest BCUT2D eigenvalue weighted by Gasteiger charge is 2.19. The molecule has 0 bridgehead atoms. The van der Waals surface area contributed by atoms with Crippen LogP contribution in [-0.4, -0.2) is 23.2 Å². The quantitative estimate of drug-likeness (QED) is 0.748. The Hall–Kier alpha value is -2.66. The van der Waals surface area contributed by atoms with Crippen LogP contribution in [0.5, 0.6) is 0 Å². The molecule has 0 saturated heterocycles. The lowest BCUT2D eigenvalue weighted by atomic mass is 10.1. The average Bonchev–Trinajstić information content (AvgIpc) is 3.03. The standard InChI is InChI=1S/C16H13NO4/c1-20-16(19)14-9-8-13(21-14)15(18)12-7-6-10-4-2-3-5-11(10)17-12/h2-9,15,18H,1H3. The van der Waals surface area contributed by atoms with Gasteiger partial charge in [-0.05, 0) is 24.3 Å². The van der Waals surface area contributed by atoms with Crippen molar-refractivity contribution in [1.82, 2.24) is 4.98 Å². The third-order valence-electron chi connectivity index (χ3n) is 3.18. The molecule has 1 atom stereocenters. The number of carbonyl (C=O) groups excluding carboxylic acids is 1. The lowest BCUT2D eigenvalue weighted by Gasteiger charge is -2.08. The van der Waals surface area contributed by atoms with Crippen molar-refractivity contribution in [2.45, 2.75) is 6.10 Å². The fourth-order valence-electron chi connectivity index (χ4n) is 2.09. The van der Waals surface area contributed by atoms with Crippen molar-refractivity contribution in [3.8, 4) is 0 Å². The van der Waals surface area contributed by atoms with Gasteiger partial charge in [-0.3, -0.25) is 0 Å². The highest BCUT2D eigenvalue weighted by molar-refractivity contribution is 5.86. The molecule has 3 aromatic rings. The first kappa shape index (κ1) is 13.3. The van der Waals surface area contributed by atoms with E-state index in [1.165, 1.54) is 19.2 Å². The Morgan fingerprint density at radius 1 is 1.19 bits per heavy atom. The number of fused-ring (bicyclic) bond motifs is 1. The third-order valence-corrected chi connectivity index (χ3v) is 3.18. The van der Waals surface area contributed by atoms with Gasteiger partial charge in [0.1, 0.15) is 5.76 Å². The Morgan fingerprint density at radius 2 is 2.00 bits per heavy atom. The number of rotatable bonds is 3. The Balaban J connectivity index is 1.94. The van der Waals surface area contributed by atoms with Gasteiger partial charge < -0.3 is 14.3 Å². The van der Waals surface area contributed by atoms with Crippen molar-refractivity contribution in [2.75, 3.05) is 7.11 Å². The number of furan rings is 1. The highest BCUT2D eigenvalue weighted by atomic mass is 16.5. The minimum atomic E-state index is -1.03. The molecule has 0 saturated carbocycles. The first-order valence-corrected chi connectivity index (χ1v) is 6.41. The largest absolute Gasteiger partial charge is 0.463 e. The van der Waals surface area contributed by atoms with Crippen LogP contribution in [0.4, 0.5) is 0 Å². The molecule has 5 heteroatoms. The number of nitrogens with zero attached hydrogens (tertiary/aromatic N) is 1. The molecule has 0 aliphatic heterocycles. The van der Waals surface area contributed by atoms with Crippen LogP contribution in [0.25, 0.3) is 10.9 Å². The summed E-state index contributed by atoms with van der Waals surface area (Å²) in [6, 6.07) is 14.2. The number of para-hydroxylation sites is 1. The van der Waals surface area contributed by atoms with Crippen molar-refractivity contribution in [3.05, 3.63) is 65.7 Å². The van der Waals surface area contributed by atoms with E-state index in [0.717, 1.165) is 10.9 Å². The normalized spacial score (nSPS) is 12.3. The lowest BCUT2D eigenvalue weighted by Crippen LogP contribution is -2.02. The van der Waals surface area contributed by atoms with E-state index in [1.807, 2.05) is 30.3 Å². The third kappa shape index (κ3) is 2.51. The summed E-state index contributed by atoms with van der Waals surface area (Å²) in [5.41, 5.74) is 1.24. The summed E-state index contributed by atoms with van der Waals surface area (Å²) in [6.45, 7) is 0. The number of esters is 1. The Morgan fingerprint density at radius 3 is 2.81 bits per heavy atom. The molecule has 1 aromatic carbocycles. The molecule has 5 nitrogen and oxygen atoms in total. The molecule has 3 rings (SSSR count). The number of benzene rings is 1. The molecule has 21 heavy (non-hydrogen) atoms. The molecule has 0 fully saturated rings. The minimum Gasteiger partial charge on any atom is -0.463 e. The van der Waals surface area contributed by atoms with Crippen LogP contribution >= 0.6 is 0 Å². The Kier molecular flexibility index (Phi) is 3.41. The number of pyridine rings is 1. The Labute approximate surface area is 120 Å². The van der Waals surface area contributed by atoms with Gasteiger partial charge >= 0.3 is 5.97 Å². The van der Waals surface area contributed by atoms with Crippen molar-refractivity contribution in [3.63, 3.8) is 0 Å². The second-order valence-electron chi connectivity index (χ2n) is 4.52. The van der Waals surface area contributed by atoms with Crippen molar-refractivity contribution in [1.29, 1.82) is 0 Å². The number of hydrogen-bond acceptors (Lipinski definition) is 5. The molecular weight excluding hydrogens is 270 g/mol.